The van der Waals surface area contributed by atoms with Crippen LogP contribution in [0, 0.1) is 0 Å². The van der Waals surface area contributed by atoms with Crippen LogP contribution in [0.5, 0.6) is 0 Å². The number of amides is 1. The summed E-state index contributed by atoms with van der Waals surface area (Å²) in [5.74, 6) is -4.83. The average Bonchev–Trinajstić information content (AvgIpc) is 0.736. The molecule has 0 spiro atoms. The van der Waals surface area contributed by atoms with E-state index in [4.69, 9.17) is 93.1 Å². The Morgan fingerprint density at radius 3 is 0.915 bits per heavy atom. The van der Waals surface area contributed by atoms with Gasteiger partial charge in [-0.15, -0.1) is 0 Å². The first-order chi connectivity index (χ1) is 64.5. The van der Waals surface area contributed by atoms with Crippen LogP contribution in [0.15, 0.2) is 223 Å². The van der Waals surface area contributed by atoms with Crippen molar-refractivity contribution in [2.45, 2.75) is 200 Å². The van der Waals surface area contributed by atoms with E-state index in [2.05, 4.69) is 33.7 Å². The fraction of sp³-hybridized carbons (Fsp3) is 0.444. The first kappa shape index (κ1) is 130. The molecule has 732 valence electrons. The molecule has 0 bridgehead atoms. The van der Waals surface area contributed by atoms with Crippen molar-refractivity contribution in [3.63, 3.8) is 0 Å². The zero-order valence-electron chi connectivity index (χ0n) is 77.1. The SMILES string of the molecule is COC1OC(COS(=O)(=O)[O-])C(OC2OC(C(=O)[O-])C(OC3OC(COS(=O)(=O)[O-])C(OC4OC(C(=O)[O-])C(OC5OC(COS(=O)(=O)[O-])C(OCc6ccccc6)C(OCc6ccccc6)C5N=[N+]=[N-])C(OCc5ccccc5)C4OCc4ccccc4)C(OS(=O)(=O)[O-])C3N=[N+]=[N-])C(OCc3ccccc3)C2OS(=O)(=O)[O-])C(OCc2ccccc2)C1NC(=O)OCc1ccccc1.[Na+].[Na+].[Na+].[Na+].[Na+].[Na+].[Na+]. The Morgan fingerprint density at radius 1 is 0.324 bits per heavy atom. The third kappa shape index (κ3) is 39.9. The number of ether oxygens (including phenoxy) is 17. The molecular formula is C81H84N7Na7O42S5. The molecule has 0 aliphatic carbocycles. The minimum Gasteiger partial charge on any atom is -0.726 e. The molecule has 5 aliphatic heterocycles. The number of methoxy groups -OCH3 is 1. The van der Waals surface area contributed by atoms with Crippen molar-refractivity contribution in [2.75, 3.05) is 26.9 Å². The molecule has 0 radical (unpaired) electrons. The van der Waals surface area contributed by atoms with Crippen molar-refractivity contribution >= 4 is 70.0 Å². The van der Waals surface area contributed by atoms with Gasteiger partial charge in [-0.25, -0.2) is 46.9 Å². The minimum absolute atomic E-state index is 0. The van der Waals surface area contributed by atoms with Gasteiger partial charge in [0.1, 0.15) is 122 Å². The molecule has 0 saturated carbocycles. The van der Waals surface area contributed by atoms with Gasteiger partial charge in [-0.1, -0.05) is 223 Å². The second kappa shape index (κ2) is 62.3. The molecule has 12 rings (SSSR count). The summed E-state index contributed by atoms with van der Waals surface area (Å²) in [6.07, 6.45) is -55.6. The number of carbonyl (C=O) groups excluding carboxylic acids is 3. The molecule has 5 fully saturated rings. The van der Waals surface area contributed by atoms with Gasteiger partial charge in [0, 0.05) is 16.9 Å². The molecule has 1 amide bonds. The Hall–Kier alpha value is -2.92. The molecular weight excluding hydrogens is 2060 g/mol. The Bertz CT molecular complexity index is 5740. The van der Waals surface area contributed by atoms with Gasteiger partial charge in [-0.2, -0.15) is 0 Å². The molecule has 5 saturated heterocycles. The molecule has 49 nitrogen and oxygen atoms in total. The molecule has 5 heterocycles. The monoisotopic (exact) mass is 2150 g/mol. The summed E-state index contributed by atoms with van der Waals surface area (Å²) in [5, 5.41) is 38.6. The number of hydrogen-bond acceptors (Lipinski definition) is 44. The van der Waals surface area contributed by atoms with Crippen LogP contribution in [-0.4, -0.2) is 263 Å². The maximum absolute atomic E-state index is 14.3. The predicted octanol–water partition coefficient (Wildman–Crippen LogP) is -19.4. The first-order valence-corrected chi connectivity index (χ1v) is 47.1. The van der Waals surface area contributed by atoms with Gasteiger partial charge in [0.25, 0.3) is 0 Å². The smallest absolute Gasteiger partial charge is 0.726 e. The quantitative estimate of drug-likeness (QED) is 0.00924. The van der Waals surface area contributed by atoms with Crippen molar-refractivity contribution in [1.29, 1.82) is 0 Å². The topological polar surface area (TPSA) is 696 Å². The van der Waals surface area contributed by atoms with Gasteiger partial charge in [0.05, 0.1) is 71.4 Å². The summed E-state index contributed by atoms with van der Waals surface area (Å²) >= 11 is 0. The minimum atomic E-state index is -6.50. The molecule has 25 atom stereocenters. The first-order valence-electron chi connectivity index (χ1n) is 40.4. The van der Waals surface area contributed by atoms with Crippen LogP contribution in [0.1, 0.15) is 38.9 Å². The number of aliphatic carboxylic acids is 2. The van der Waals surface area contributed by atoms with Gasteiger partial charge < -0.3 is 128 Å². The molecule has 7 aromatic rings. The second-order valence-electron chi connectivity index (χ2n) is 30.0. The van der Waals surface area contributed by atoms with Crippen molar-refractivity contribution in [1.82, 2.24) is 5.32 Å². The maximum atomic E-state index is 14.3. The zero-order valence-corrected chi connectivity index (χ0v) is 95.2. The number of nitrogens with one attached hydrogen (secondary N) is 1. The molecule has 25 unspecified atom stereocenters. The molecule has 1 N–H and O–H groups in total. The van der Waals surface area contributed by atoms with Crippen molar-refractivity contribution in [2.24, 2.45) is 10.2 Å². The largest absolute Gasteiger partial charge is 1.00 e. The van der Waals surface area contributed by atoms with Crippen LogP contribution >= 0.6 is 0 Å². The summed E-state index contributed by atoms with van der Waals surface area (Å²) < 4.78 is 325. The average molecular weight is 2150 g/mol. The van der Waals surface area contributed by atoms with Crippen LogP contribution in [0.4, 0.5) is 4.79 Å². The van der Waals surface area contributed by atoms with Gasteiger partial charge in [0.15, 0.2) is 37.6 Å². The van der Waals surface area contributed by atoms with Crippen molar-refractivity contribution in [3.8, 4) is 0 Å². The van der Waals surface area contributed by atoms with Gasteiger partial charge >= 0.3 is 213 Å². The van der Waals surface area contributed by atoms with Crippen molar-refractivity contribution < 1.29 is 398 Å². The number of hydrogen-bond donors (Lipinski definition) is 1. The van der Waals surface area contributed by atoms with E-state index >= 15 is 0 Å². The predicted molar refractivity (Wildman–Crippen MR) is 435 cm³/mol. The number of azide groups is 2. The van der Waals surface area contributed by atoms with Crippen LogP contribution < -0.4 is 222 Å². The molecule has 142 heavy (non-hydrogen) atoms. The zero-order chi connectivity index (χ0) is 96.6. The van der Waals surface area contributed by atoms with Gasteiger partial charge in [-0.3, -0.25) is 20.9 Å². The third-order valence-corrected chi connectivity index (χ3v) is 23.1. The number of carbonyl (C=O) groups is 3. The Labute approximate surface area is 969 Å². The Balaban J connectivity index is 0.00000508. The van der Waals surface area contributed by atoms with Gasteiger partial charge in [-0.05, 0) is 50.0 Å². The fourth-order valence-corrected chi connectivity index (χ4v) is 17.0. The number of nitrogens with zero attached hydrogens (tertiary/aromatic N) is 6. The number of carboxylic acid groups (broad SMARTS) is 2. The van der Waals surface area contributed by atoms with E-state index in [9.17, 15) is 101 Å². The molecule has 5 aliphatic rings. The van der Waals surface area contributed by atoms with E-state index in [-0.39, 0.29) is 237 Å². The number of alkyl carbamates (subject to hydrolysis) is 1. The summed E-state index contributed by atoms with van der Waals surface area (Å²) in [4.78, 5) is 48.3. The summed E-state index contributed by atoms with van der Waals surface area (Å²) in [6, 6.07) is 47.9. The van der Waals surface area contributed by atoms with E-state index in [1.54, 1.807) is 121 Å². The van der Waals surface area contributed by atoms with E-state index < -0.39 is 276 Å². The molecule has 61 heteroatoms. The number of benzene rings is 7. The van der Waals surface area contributed by atoms with Crippen molar-refractivity contribution in [3.05, 3.63) is 272 Å². The van der Waals surface area contributed by atoms with Crippen LogP contribution in [0.2, 0.25) is 0 Å². The van der Waals surface area contributed by atoms with E-state index in [1.807, 2.05) is 0 Å². The number of rotatable bonds is 47. The third-order valence-electron chi connectivity index (χ3n) is 20.9. The van der Waals surface area contributed by atoms with E-state index in [0.29, 0.717) is 22.3 Å². The summed E-state index contributed by atoms with van der Waals surface area (Å²) in [5.41, 5.74) is 23.4. The second-order valence-corrected chi connectivity index (χ2v) is 35.1. The van der Waals surface area contributed by atoms with Crippen LogP contribution in [0.25, 0.3) is 20.9 Å². The number of carboxylic acids is 2. The Kier molecular flexibility index (Phi) is 56.8. The molecule has 0 aromatic heterocycles. The standard InChI is InChI=1S/C81H91N7O42S5.7Na/c1-109-76-57(84-81(93)116-43-53-35-21-8-22-36-53)63(111-38-48-25-11-3-12-26-48)61(55(120-76)45-118-132(97,98)99)123-80-73(130-135(106,107)108)67(114-41-51-31-17-6-18-32-51)69(71(128-80)75(91)92)126-78-59(86-88-83)65(129-134(103,104)105)62(56(122-78)46-119-133(100,101)102)124-79-72(115-42-52-33-19-7-20-34-52)66(113-40-50-29-15-5-16-30-50)68(70(127-79)74(89)90)125-77-58(85-87-82)64(112-39-49-27-13-4-14-28-49)60(54(121-77)44-117-131(94,95)96)110-37-47-23-9-2-10-24-47;;;;;;;/h2-36,54-73,76-80H,37-46H2,1H3,(H,84,93)(H,89,90)(H,91,92)(H,94,95,96)(H,97,98,99)(H,100,101,102)(H,103,104,105)(H,106,107,108);;;;;;;/q;7*+1/p-7. The fourth-order valence-electron chi connectivity index (χ4n) is 15.1. The maximum Gasteiger partial charge on any atom is 1.00 e. The normalized spacial score (nSPS) is 27.6. The van der Waals surface area contributed by atoms with E-state index in [1.165, 1.54) is 91.0 Å². The van der Waals surface area contributed by atoms with E-state index in [0.717, 1.165) is 7.11 Å². The van der Waals surface area contributed by atoms with Crippen LogP contribution in [-0.2, 0) is 209 Å². The van der Waals surface area contributed by atoms with Gasteiger partial charge in [0.2, 0.25) is 52.0 Å². The molecule has 7 aromatic carbocycles. The summed E-state index contributed by atoms with van der Waals surface area (Å²) in [6.45, 7) is -8.33. The summed E-state index contributed by atoms with van der Waals surface area (Å²) in [7, 11) is -29.4. The van der Waals surface area contributed by atoms with Crippen LogP contribution in [0.3, 0.4) is 0 Å². The Morgan fingerprint density at radius 2 is 0.592 bits per heavy atom.